The molecule has 0 heterocycles. The number of ether oxygens (including phenoxy) is 2. The van der Waals surface area contributed by atoms with Crippen molar-refractivity contribution >= 4 is 17.6 Å². The van der Waals surface area contributed by atoms with E-state index in [9.17, 15) is 9.90 Å². The molecule has 4 N–H and O–H groups in total. The van der Waals surface area contributed by atoms with Crippen LogP contribution in [-0.2, 0) is 0 Å². The smallest absolute Gasteiger partial charge is 0.251 e. The number of nitrogens with zero attached hydrogens (tertiary/aromatic N) is 1. The maximum absolute atomic E-state index is 12.1. The lowest BCUT2D eigenvalue weighted by molar-refractivity contribution is 0.0955. The van der Waals surface area contributed by atoms with E-state index in [1.165, 1.54) is 12.1 Å². The van der Waals surface area contributed by atoms with E-state index in [0.717, 1.165) is 5.69 Å². The minimum absolute atomic E-state index is 0.124. The number of carbonyl (C=O) groups is 1. The molecule has 8 heteroatoms. The summed E-state index contributed by atoms with van der Waals surface area (Å²) >= 11 is 0. The normalized spacial score (nSPS) is 10.9. The molecule has 0 unspecified atom stereocenters. The van der Waals surface area contributed by atoms with Crippen LogP contribution in [0.1, 0.15) is 24.2 Å². The first-order valence-electron chi connectivity index (χ1n) is 9.50. The number of benzene rings is 2. The van der Waals surface area contributed by atoms with Gasteiger partial charge in [0.15, 0.2) is 17.5 Å². The number of phenolic OH excluding ortho intramolecular Hbond substituents is 1. The van der Waals surface area contributed by atoms with Gasteiger partial charge in [0.25, 0.3) is 5.91 Å². The van der Waals surface area contributed by atoms with Gasteiger partial charge in [0.2, 0.25) is 0 Å². The Morgan fingerprint density at radius 3 is 2.48 bits per heavy atom. The van der Waals surface area contributed by atoms with Crippen LogP contribution < -0.4 is 25.4 Å². The van der Waals surface area contributed by atoms with Crippen molar-refractivity contribution in [2.75, 3.05) is 38.7 Å². The van der Waals surface area contributed by atoms with Crippen LogP contribution in [0.15, 0.2) is 47.5 Å². The van der Waals surface area contributed by atoms with Gasteiger partial charge in [-0.2, -0.15) is 0 Å². The molecule has 1 amide bonds. The summed E-state index contributed by atoms with van der Waals surface area (Å²) in [4.78, 5) is 16.5. The molecule has 156 valence electrons. The summed E-state index contributed by atoms with van der Waals surface area (Å²) in [6, 6.07) is 11.7. The number of methoxy groups -OCH3 is 1. The zero-order valence-electron chi connectivity index (χ0n) is 17.0. The van der Waals surface area contributed by atoms with E-state index in [1.54, 1.807) is 19.2 Å². The second-order valence-corrected chi connectivity index (χ2v) is 5.99. The molecule has 0 radical (unpaired) electrons. The lowest BCUT2D eigenvalue weighted by atomic mass is 10.2. The SMILES string of the molecule is CCNC(=NCCNC(=O)c1ccc(O)cc1)Nc1ccc(OCC)c(OC)c1. The fourth-order valence-electron chi connectivity index (χ4n) is 2.52. The van der Waals surface area contributed by atoms with Gasteiger partial charge in [-0.15, -0.1) is 0 Å². The number of aliphatic imine (C=N–C) groups is 1. The summed E-state index contributed by atoms with van der Waals surface area (Å²) < 4.78 is 10.9. The third-order valence-electron chi connectivity index (χ3n) is 3.87. The summed E-state index contributed by atoms with van der Waals surface area (Å²) in [5.41, 5.74) is 1.29. The predicted octanol–water partition coefficient (Wildman–Crippen LogP) is 2.61. The number of carbonyl (C=O) groups excluding carboxylic acids is 1. The van der Waals surface area contributed by atoms with E-state index in [0.29, 0.717) is 49.3 Å². The topological polar surface area (TPSA) is 104 Å². The van der Waals surface area contributed by atoms with Crippen molar-refractivity contribution in [1.82, 2.24) is 10.6 Å². The molecule has 0 saturated carbocycles. The highest BCUT2D eigenvalue weighted by atomic mass is 16.5. The Morgan fingerprint density at radius 2 is 1.83 bits per heavy atom. The van der Waals surface area contributed by atoms with Crippen molar-refractivity contribution in [3.05, 3.63) is 48.0 Å². The van der Waals surface area contributed by atoms with Gasteiger partial charge in [0.05, 0.1) is 20.3 Å². The van der Waals surface area contributed by atoms with Crippen LogP contribution in [0.3, 0.4) is 0 Å². The second-order valence-electron chi connectivity index (χ2n) is 5.99. The zero-order chi connectivity index (χ0) is 21.1. The molecule has 2 rings (SSSR count). The molecule has 0 bridgehead atoms. The maximum Gasteiger partial charge on any atom is 0.251 e. The molecule has 0 atom stereocenters. The Morgan fingerprint density at radius 1 is 1.07 bits per heavy atom. The Hall–Kier alpha value is -3.42. The Labute approximate surface area is 171 Å². The van der Waals surface area contributed by atoms with Crippen LogP contribution in [0, 0.1) is 0 Å². The first kappa shape index (κ1) is 21.9. The quantitative estimate of drug-likeness (QED) is 0.293. The van der Waals surface area contributed by atoms with Gasteiger partial charge >= 0.3 is 0 Å². The van der Waals surface area contributed by atoms with Crippen LogP contribution in [0.4, 0.5) is 5.69 Å². The number of aromatic hydroxyl groups is 1. The predicted molar refractivity (Wildman–Crippen MR) is 114 cm³/mol. The largest absolute Gasteiger partial charge is 0.508 e. The minimum atomic E-state index is -0.214. The molecule has 29 heavy (non-hydrogen) atoms. The molecule has 0 fully saturated rings. The van der Waals surface area contributed by atoms with Crippen LogP contribution >= 0.6 is 0 Å². The van der Waals surface area contributed by atoms with Crippen LogP contribution in [0.25, 0.3) is 0 Å². The van der Waals surface area contributed by atoms with Gasteiger partial charge in [-0.25, -0.2) is 0 Å². The number of phenols is 1. The fraction of sp³-hybridized carbons (Fsp3) is 0.333. The van der Waals surface area contributed by atoms with E-state index in [4.69, 9.17) is 9.47 Å². The second kappa shape index (κ2) is 11.4. The summed E-state index contributed by atoms with van der Waals surface area (Å²) in [5.74, 6) is 1.82. The molecule has 0 aliphatic rings. The van der Waals surface area contributed by atoms with Gasteiger partial charge in [-0.3, -0.25) is 9.79 Å². The van der Waals surface area contributed by atoms with Gasteiger partial charge in [-0.05, 0) is 50.2 Å². The van der Waals surface area contributed by atoms with E-state index < -0.39 is 0 Å². The van der Waals surface area contributed by atoms with Crippen molar-refractivity contribution in [3.8, 4) is 17.2 Å². The van der Waals surface area contributed by atoms with E-state index >= 15 is 0 Å². The van der Waals surface area contributed by atoms with E-state index in [-0.39, 0.29) is 11.7 Å². The first-order chi connectivity index (χ1) is 14.1. The molecule has 2 aromatic carbocycles. The molecule has 2 aromatic rings. The summed E-state index contributed by atoms with van der Waals surface area (Å²) in [7, 11) is 1.59. The van der Waals surface area contributed by atoms with Crippen molar-refractivity contribution in [2.45, 2.75) is 13.8 Å². The Balaban J connectivity index is 1.93. The van der Waals surface area contributed by atoms with E-state index in [2.05, 4.69) is 20.9 Å². The highest BCUT2D eigenvalue weighted by Crippen LogP contribution is 2.30. The summed E-state index contributed by atoms with van der Waals surface area (Å²) in [6.45, 7) is 5.92. The first-order valence-corrected chi connectivity index (χ1v) is 9.50. The summed E-state index contributed by atoms with van der Waals surface area (Å²) in [6.07, 6.45) is 0. The Bertz CT molecular complexity index is 822. The highest BCUT2D eigenvalue weighted by molar-refractivity contribution is 5.95. The number of nitrogens with one attached hydrogen (secondary N) is 3. The van der Waals surface area contributed by atoms with Crippen LogP contribution in [0.2, 0.25) is 0 Å². The summed E-state index contributed by atoms with van der Waals surface area (Å²) in [5, 5.41) is 18.5. The molecule has 8 nitrogen and oxygen atoms in total. The van der Waals surface area contributed by atoms with Gasteiger partial charge in [-0.1, -0.05) is 0 Å². The van der Waals surface area contributed by atoms with E-state index in [1.807, 2.05) is 32.0 Å². The third-order valence-corrected chi connectivity index (χ3v) is 3.87. The van der Waals surface area contributed by atoms with Crippen LogP contribution in [-0.4, -0.2) is 50.3 Å². The molecule has 0 spiro atoms. The zero-order valence-corrected chi connectivity index (χ0v) is 17.0. The highest BCUT2D eigenvalue weighted by Gasteiger charge is 2.07. The number of anilines is 1. The van der Waals surface area contributed by atoms with Crippen LogP contribution in [0.5, 0.6) is 17.2 Å². The maximum atomic E-state index is 12.1. The minimum Gasteiger partial charge on any atom is -0.508 e. The van der Waals surface area contributed by atoms with Gasteiger partial charge < -0.3 is 30.5 Å². The molecule has 0 aliphatic heterocycles. The monoisotopic (exact) mass is 400 g/mol. The molecule has 0 aromatic heterocycles. The molecule has 0 aliphatic carbocycles. The Kier molecular flexibility index (Phi) is 8.62. The average molecular weight is 400 g/mol. The van der Waals surface area contributed by atoms with Crippen molar-refractivity contribution in [2.24, 2.45) is 4.99 Å². The number of hydrogen-bond donors (Lipinski definition) is 4. The average Bonchev–Trinajstić information content (AvgIpc) is 2.72. The number of hydrogen-bond acceptors (Lipinski definition) is 5. The van der Waals surface area contributed by atoms with Crippen molar-refractivity contribution in [1.29, 1.82) is 0 Å². The molecular weight excluding hydrogens is 372 g/mol. The number of rotatable bonds is 9. The molecular formula is C21H28N4O4. The van der Waals surface area contributed by atoms with Crippen molar-refractivity contribution < 1.29 is 19.4 Å². The van der Waals surface area contributed by atoms with Gasteiger partial charge in [0, 0.05) is 30.4 Å². The number of guanidine groups is 1. The fourth-order valence-corrected chi connectivity index (χ4v) is 2.52. The molecule has 0 saturated heterocycles. The van der Waals surface area contributed by atoms with Gasteiger partial charge in [0.1, 0.15) is 5.75 Å². The van der Waals surface area contributed by atoms with Crippen molar-refractivity contribution in [3.63, 3.8) is 0 Å². The number of amides is 1. The lowest BCUT2D eigenvalue weighted by Crippen LogP contribution is -2.32. The standard InChI is InChI=1S/C21H28N4O4/c1-4-22-21(25-16-8-11-18(29-5-2)19(14-16)28-3)24-13-12-23-20(27)15-6-9-17(26)10-7-15/h6-11,14,26H,4-5,12-13H2,1-3H3,(H,23,27)(H2,22,24,25). The lowest BCUT2D eigenvalue weighted by Gasteiger charge is -2.14. The third kappa shape index (κ3) is 6.91.